The van der Waals surface area contributed by atoms with Crippen LogP contribution in [-0.4, -0.2) is 21.3 Å². The Labute approximate surface area is 144 Å². The van der Waals surface area contributed by atoms with Crippen LogP contribution < -0.4 is 0 Å². The second-order valence-corrected chi connectivity index (χ2v) is 5.59. The minimum atomic E-state index is -1.43. The molecule has 0 radical (unpaired) electrons. The van der Waals surface area contributed by atoms with Gasteiger partial charge in [-0.25, -0.2) is 4.68 Å². The Hall–Kier alpha value is -3.46. The number of nitriles is 1. The Morgan fingerprint density at radius 2 is 1.80 bits per heavy atom. The van der Waals surface area contributed by atoms with E-state index in [1.54, 1.807) is 24.7 Å². The number of aromatic nitrogens is 2. The van der Waals surface area contributed by atoms with E-state index in [1.165, 1.54) is 12.3 Å². The zero-order valence-corrected chi connectivity index (χ0v) is 13.8. The molecule has 1 aromatic carbocycles. The molecule has 124 valence electrons. The van der Waals surface area contributed by atoms with Crippen LogP contribution in [0.15, 0.2) is 53.3 Å². The molecule has 0 unspecified atom stereocenters. The van der Waals surface area contributed by atoms with Crippen molar-refractivity contribution in [3.05, 3.63) is 71.4 Å². The number of hydrogen-bond donors (Lipinski definition) is 0. The minimum absolute atomic E-state index is 0.244. The molecule has 0 saturated heterocycles. The van der Waals surface area contributed by atoms with Gasteiger partial charge in [-0.15, -0.1) is 0 Å². The number of furan rings is 1. The highest BCUT2D eigenvalue weighted by atomic mass is 16.3. The van der Waals surface area contributed by atoms with Crippen molar-refractivity contribution in [3.63, 3.8) is 0 Å². The summed E-state index contributed by atoms with van der Waals surface area (Å²) >= 11 is 0. The molecular formula is C19H15N3O3. The average molecular weight is 333 g/mol. The maximum absolute atomic E-state index is 12.8. The molecule has 0 aliphatic heterocycles. The normalized spacial score (nSPS) is 11.7. The Kier molecular flexibility index (Phi) is 4.31. The van der Waals surface area contributed by atoms with Crippen molar-refractivity contribution in [2.45, 2.75) is 13.8 Å². The van der Waals surface area contributed by atoms with Crippen LogP contribution in [0.5, 0.6) is 0 Å². The lowest BCUT2D eigenvalue weighted by molar-refractivity contribution is 0.0845. The molecule has 2 heterocycles. The van der Waals surface area contributed by atoms with E-state index >= 15 is 0 Å². The van der Waals surface area contributed by atoms with Crippen LogP contribution in [-0.2, 0) is 0 Å². The van der Waals surface area contributed by atoms with E-state index in [4.69, 9.17) is 4.42 Å². The molecule has 0 amide bonds. The summed E-state index contributed by atoms with van der Waals surface area (Å²) in [5.74, 6) is -2.17. The first kappa shape index (κ1) is 16.4. The number of hydrogen-bond acceptors (Lipinski definition) is 5. The fourth-order valence-electron chi connectivity index (χ4n) is 2.60. The van der Waals surface area contributed by atoms with E-state index in [2.05, 4.69) is 5.10 Å². The maximum atomic E-state index is 12.8. The summed E-state index contributed by atoms with van der Waals surface area (Å²) in [5.41, 5.74) is 1.75. The molecular weight excluding hydrogens is 318 g/mol. The van der Waals surface area contributed by atoms with Crippen LogP contribution in [0.1, 0.15) is 32.2 Å². The Bertz CT molecular complexity index is 977. The number of carbonyl (C=O) groups excluding carboxylic acids is 2. The molecule has 2 aromatic heterocycles. The van der Waals surface area contributed by atoms with E-state index in [1.807, 2.05) is 36.4 Å². The van der Waals surface area contributed by atoms with Gasteiger partial charge in [-0.2, -0.15) is 10.4 Å². The molecule has 1 atom stereocenters. The predicted molar refractivity (Wildman–Crippen MR) is 89.5 cm³/mol. The van der Waals surface area contributed by atoms with Gasteiger partial charge in [0.05, 0.1) is 34.8 Å². The molecule has 0 fully saturated rings. The minimum Gasteiger partial charge on any atom is -0.469 e. The van der Waals surface area contributed by atoms with Crippen molar-refractivity contribution in [3.8, 4) is 11.8 Å². The molecule has 6 heteroatoms. The monoisotopic (exact) mass is 333 g/mol. The van der Waals surface area contributed by atoms with Crippen molar-refractivity contribution in [1.82, 2.24) is 9.78 Å². The van der Waals surface area contributed by atoms with Gasteiger partial charge in [-0.05, 0) is 32.0 Å². The summed E-state index contributed by atoms with van der Waals surface area (Å²) < 4.78 is 6.65. The van der Waals surface area contributed by atoms with E-state index in [-0.39, 0.29) is 11.1 Å². The zero-order valence-electron chi connectivity index (χ0n) is 13.8. The smallest absolute Gasteiger partial charge is 0.191 e. The van der Waals surface area contributed by atoms with Crippen molar-refractivity contribution < 1.29 is 14.0 Å². The number of para-hydroxylation sites is 1. The molecule has 0 N–H and O–H groups in total. The predicted octanol–water partition coefficient (Wildman–Crippen LogP) is 3.29. The fraction of sp³-hybridized carbons (Fsp3) is 0.158. The summed E-state index contributed by atoms with van der Waals surface area (Å²) in [6, 6.07) is 12.6. The van der Waals surface area contributed by atoms with Gasteiger partial charge < -0.3 is 4.42 Å². The first-order valence-corrected chi connectivity index (χ1v) is 7.66. The summed E-state index contributed by atoms with van der Waals surface area (Å²) in [7, 11) is 0. The second kappa shape index (κ2) is 6.57. The number of aryl methyl sites for hydroxylation is 2. The summed E-state index contributed by atoms with van der Waals surface area (Å²) in [6.45, 7) is 3.29. The van der Waals surface area contributed by atoms with Gasteiger partial charge in [-0.3, -0.25) is 9.59 Å². The second-order valence-electron chi connectivity index (χ2n) is 5.59. The van der Waals surface area contributed by atoms with E-state index < -0.39 is 17.5 Å². The zero-order chi connectivity index (χ0) is 18.0. The van der Waals surface area contributed by atoms with Crippen molar-refractivity contribution in [1.29, 1.82) is 5.26 Å². The largest absolute Gasteiger partial charge is 0.469 e. The van der Waals surface area contributed by atoms with Crippen molar-refractivity contribution in [2.75, 3.05) is 0 Å². The molecule has 0 saturated carbocycles. The Morgan fingerprint density at radius 1 is 1.12 bits per heavy atom. The van der Waals surface area contributed by atoms with Gasteiger partial charge in [0.15, 0.2) is 17.5 Å². The molecule has 0 bridgehead atoms. The number of rotatable bonds is 5. The highest BCUT2D eigenvalue weighted by molar-refractivity contribution is 6.18. The maximum Gasteiger partial charge on any atom is 0.191 e. The van der Waals surface area contributed by atoms with E-state index in [0.717, 1.165) is 5.69 Å². The van der Waals surface area contributed by atoms with Crippen LogP contribution >= 0.6 is 0 Å². The number of Topliss-reactive ketones (excluding diaryl/α,β-unsaturated/α-hetero) is 2. The lowest BCUT2D eigenvalue weighted by atomic mass is 9.91. The lowest BCUT2D eigenvalue weighted by Crippen LogP contribution is -2.23. The van der Waals surface area contributed by atoms with Gasteiger partial charge in [0.25, 0.3) is 0 Å². The van der Waals surface area contributed by atoms with Crippen LogP contribution in [0.25, 0.3) is 5.69 Å². The molecule has 3 rings (SSSR count). The Morgan fingerprint density at radius 3 is 2.40 bits per heavy atom. The Balaban J connectivity index is 1.95. The quantitative estimate of drug-likeness (QED) is 0.528. The average Bonchev–Trinajstić information content (AvgIpc) is 3.22. The van der Waals surface area contributed by atoms with Gasteiger partial charge in [0.1, 0.15) is 5.76 Å². The van der Waals surface area contributed by atoms with Gasteiger partial charge in [0, 0.05) is 6.20 Å². The van der Waals surface area contributed by atoms with Gasteiger partial charge in [0.2, 0.25) is 0 Å². The molecule has 6 nitrogen and oxygen atoms in total. The number of carbonyl (C=O) groups is 2. The SMILES string of the molecule is Cc1nn(-c2ccccc2)cc1C(=O)[C@H](C#N)C(=O)c1ccoc1C. The summed E-state index contributed by atoms with van der Waals surface area (Å²) in [5, 5.41) is 13.7. The van der Waals surface area contributed by atoms with Crippen molar-refractivity contribution in [2.24, 2.45) is 5.92 Å². The highest BCUT2D eigenvalue weighted by Gasteiger charge is 2.32. The van der Waals surface area contributed by atoms with Crippen LogP contribution in [0.4, 0.5) is 0 Å². The third-order valence-corrected chi connectivity index (χ3v) is 3.96. The summed E-state index contributed by atoms with van der Waals surface area (Å²) in [4.78, 5) is 25.3. The van der Waals surface area contributed by atoms with E-state index in [9.17, 15) is 14.9 Å². The van der Waals surface area contributed by atoms with Crippen LogP contribution in [0, 0.1) is 31.1 Å². The lowest BCUT2D eigenvalue weighted by Gasteiger charge is -2.05. The topological polar surface area (TPSA) is 88.9 Å². The molecule has 0 spiro atoms. The van der Waals surface area contributed by atoms with Crippen molar-refractivity contribution >= 4 is 11.6 Å². The molecule has 0 aliphatic carbocycles. The number of benzene rings is 1. The first-order chi connectivity index (χ1) is 12.0. The van der Waals surface area contributed by atoms with Gasteiger partial charge >= 0.3 is 0 Å². The van der Waals surface area contributed by atoms with Crippen LogP contribution in [0.2, 0.25) is 0 Å². The third-order valence-electron chi connectivity index (χ3n) is 3.96. The first-order valence-electron chi connectivity index (χ1n) is 7.66. The molecule has 25 heavy (non-hydrogen) atoms. The third kappa shape index (κ3) is 3.00. The fourth-order valence-corrected chi connectivity index (χ4v) is 2.60. The van der Waals surface area contributed by atoms with Gasteiger partial charge in [-0.1, -0.05) is 18.2 Å². The summed E-state index contributed by atoms with van der Waals surface area (Å²) in [6.07, 6.45) is 2.91. The standard InChI is InChI=1S/C19H15N3O3/c1-12-17(11-22(21-12)14-6-4-3-5-7-14)19(24)16(10-20)18(23)15-8-9-25-13(15)2/h3-9,11,16H,1-2H3/t16-/m1/s1. The molecule has 0 aliphatic rings. The molecule has 3 aromatic rings. The number of nitrogens with zero attached hydrogens (tertiary/aromatic N) is 3. The van der Waals surface area contributed by atoms with Crippen LogP contribution in [0.3, 0.4) is 0 Å². The number of ketones is 2. The highest BCUT2D eigenvalue weighted by Crippen LogP contribution is 2.20. The van der Waals surface area contributed by atoms with E-state index in [0.29, 0.717) is 11.5 Å².